The minimum absolute atomic E-state index is 0.0641. The second kappa shape index (κ2) is 8.90. The Kier molecular flexibility index (Phi) is 6.13. The summed E-state index contributed by atoms with van der Waals surface area (Å²) in [6.07, 6.45) is -6.04. The molecular formula is C23H19F3N2O5S. The number of ether oxygens (including phenoxy) is 2. The van der Waals surface area contributed by atoms with Gasteiger partial charge in [0.15, 0.2) is 6.10 Å². The number of aryl methyl sites for hydroxylation is 1. The van der Waals surface area contributed by atoms with E-state index in [9.17, 15) is 26.4 Å². The second-order valence-electron chi connectivity index (χ2n) is 7.48. The van der Waals surface area contributed by atoms with Gasteiger partial charge in [0, 0.05) is 5.69 Å². The van der Waals surface area contributed by atoms with Crippen LogP contribution in [0.5, 0.6) is 11.5 Å². The van der Waals surface area contributed by atoms with Crippen molar-refractivity contribution in [1.82, 2.24) is 0 Å². The topological polar surface area (TPSA) is 84.9 Å². The van der Waals surface area contributed by atoms with Gasteiger partial charge in [-0.15, -0.1) is 13.2 Å². The molecule has 0 bridgehead atoms. The third-order valence-corrected chi connectivity index (χ3v) is 6.79. The van der Waals surface area contributed by atoms with Crippen LogP contribution in [0.1, 0.15) is 5.56 Å². The molecular weight excluding hydrogens is 473 g/mol. The van der Waals surface area contributed by atoms with E-state index < -0.39 is 34.1 Å². The number of hydrogen-bond donors (Lipinski definition) is 1. The van der Waals surface area contributed by atoms with Crippen molar-refractivity contribution in [3.8, 4) is 11.5 Å². The van der Waals surface area contributed by atoms with Crippen molar-refractivity contribution in [3.05, 3.63) is 78.4 Å². The molecule has 11 heteroatoms. The van der Waals surface area contributed by atoms with E-state index in [1.54, 1.807) is 36.4 Å². The minimum Gasteiger partial charge on any atom is -0.476 e. The SMILES string of the molecule is Cc1ccc(S(=O)(=O)N2CC(C(=O)Nc3ccc(OC(F)(F)F)cc3)Oc3ccccc32)cc1. The zero-order valence-corrected chi connectivity index (χ0v) is 18.6. The van der Waals surface area contributed by atoms with Crippen LogP contribution in [0.25, 0.3) is 0 Å². The largest absolute Gasteiger partial charge is 0.573 e. The standard InChI is InChI=1S/C23H19F3N2O5S/c1-15-6-12-18(13-7-15)34(30,31)28-14-21(32-20-5-3-2-4-19(20)28)22(29)27-16-8-10-17(11-9-16)33-23(24,25)26/h2-13,21H,14H2,1H3,(H,27,29). The number of benzene rings is 3. The molecule has 178 valence electrons. The first kappa shape index (κ1) is 23.4. The Labute approximate surface area is 193 Å². The van der Waals surface area contributed by atoms with Gasteiger partial charge in [-0.2, -0.15) is 0 Å². The monoisotopic (exact) mass is 492 g/mol. The Morgan fingerprint density at radius 3 is 2.32 bits per heavy atom. The molecule has 1 unspecified atom stereocenters. The van der Waals surface area contributed by atoms with E-state index in [4.69, 9.17) is 4.74 Å². The number of halogens is 3. The van der Waals surface area contributed by atoms with Crippen LogP contribution in [0.2, 0.25) is 0 Å². The van der Waals surface area contributed by atoms with E-state index in [-0.39, 0.29) is 22.9 Å². The van der Waals surface area contributed by atoms with Gasteiger partial charge in [0.2, 0.25) is 0 Å². The second-order valence-corrected chi connectivity index (χ2v) is 9.35. The van der Waals surface area contributed by atoms with Crippen LogP contribution < -0.4 is 19.1 Å². The molecule has 1 heterocycles. The van der Waals surface area contributed by atoms with Gasteiger partial charge in [0.1, 0.15) is 11.5 Å². The van der Waals surface area contributed by atoms with Gasteiger partial charge >= 0.3 is 6.36 Å². The number of carbonyl (C=O) groups excluding carboxylic acids is 1. The molecule has 0 aliphatic carbocycles. The minimum atomic E-state index is -4.83. The van der Waals surface area contributed by atoms with Crippen molar-refractivity contribution >= 4 is 27.3 Å². The quantitative estimate of drug-likeness (QED) is 0.568. The maximum Gasteiger partial charge on any atom is 0.573 e. The average Bonchev–Trinajstić information content (AvgIpc) is 2.79. The highest BCUT2D eigenvalue weighted by Crippen LogP contribution is 2.37. The van der Waals surface area contributed by atoms with Gasteiger partial charge in [-0.3, -0.25) is 9.10 Å². The van der Waals surface area contributed by atoms with Crippen LogP contribution in [0.3, 0.4) is 0 Å². The van der Waals surface area contributed by atoms with Crippen LogP contribution in [0.15, 0.2) is 77.7 Å². The molecule has 3 aromatic rings. The van der Waals surface area contributed by atoms with E-state index in [0.717, 1.165) is 22.0 Å². The van der Waals surface area contributed by atoms with Crippen LogP contribution in [-0.4, -0.2) is 33.3 Å². The van der Waals surface area contributed by atoms with Gasteiger partial charge in [0.25, 0.3) is 15.9 Å². The highest BCUT2D eigenvalue weighted by Gasteiger charge is 2.37. The number of sulfonamides is 1. The summed E-state index contributed by atoms with van der Waals surface area (Å²) < 4.78 is 74.4. The molecule has 1 aliphatic heterocycles. The number of rotatable bonds is 5. The van der Waals surface area contributed by atoms with Crippen molar-refractivity contribution in [1.29, 1.82) is 0 Å². The summed E-state index contributed by atoms with van der Waals surface area (Å²) in [6.45, 7) is 1.54. The van der Waals surface area contributed by atoms with E-state index in [2.05, 4.69) is 10.1 Å². The summed E-state index contributed by atoms with van der Waals surface area (Å²) >= 11 is 0. The fourth-order valence-corrected chi connectivity index (χ4v) is 4.84. The molecule has 0 aromatic heterocycles. The van der Waals surface area contributed by atoms with Crippen molar-refractivity contribution in [2.75, 3.05) is 16.2 Å². The Hall–Kier alpha value is -3.73. The van der Waals surface area contributed by atoms with Crippen LogP contribution >= 0.6 is 0 Å². The molecule has 1 amide bonds. The molecule has 0 radical (unpaired) electrons. The summed E-state index contributed by atoms with van der Waals surface area (Å²) in [7, 11) is -4.00. The third kappa shape index (κ3) is 5.09. The zero-order chi connectivity index (χ0) is 24.5. The normalized spacial score (nSPS) is 15.8. The molecule has 0 spiro atoms. The van der Waals surface area contributed by atoms with Crippen molar-refractivity contribution in [3.63, 3.8) is 0 Å². The summed E-state index contributed by atoms with van der Waals surface area (Å²) in [5, 5.41) is 2.53. The Morgan fingerprint density at radius 1 is 1.03 bits per heavy atom. The van der Waals surface area contributed by atoms with Crippen LogP contribution in [-0.2, 0) is 14.8 Å². The van der Waals surface area contributed by atoms with Gasteiger partial charge < -0.3 is 14.8 Å². The molecule has 3 aromatic carbocycles. The molecule has 0 fully saturated rings. The lowest BCUT2D eigenvalue weighted by molar-refractivity contribution is -0.274. The summed E-state index contributed by atoms with van der Waals surface area (Å²) in [5.41, 5.74) is 1.38. The van der Waals surface area contributed by atoms with Crippen molar-refractivity contribution in [2.45, 2.75) is 24.3 Å². The fraction of sp³-hybridized carbons (Fsp3) is 0.174. The number of amides is 1. The molecule has 1 N–H and O–H groups in total. The summed E-state index contributed by atoms with van der Waals surface area (Å²) in [6, 6.07) is 17.3. The van der Waals surface area contributed by atoms with E-state index in [1.165, 1.54) is 24.3 Å². The Morgan fingerprint density at radius 2 is 1.68 bits per heavy atom. The highest BCUT2D eigenvalue weighted by atomic mass is 32.2. The predicted molar refractivity (Wildman–Crippen MR) is 118 cm³/mol. The van der Waals surface area contributed by atoms with Crippen molar-refractivity contribution in [2.24, 2.45) is 0 Å². The first-order chi connectivity index (χ1) is 16.0. The number of nitrogens with zero attached hydrogens (tertiary/aromatic N) is 1. The van der Waals surface area contributed by atoms with E-state index in [1.807, 2.05) is 6.92 Å². The maximum atomic E-state index is 13.4. The lowest BCUT2D eigenvalue weighted by Crippen LogP contribution is -2.48. The Balaban J connectivity index is 1.57. The zero-order valence-electron chi connectivity index (χ0n) is 17.7. The van der Waals surface area contributed by atoms with E-state index >= 15 is 0 Å². The molecule has 34 heavy (non-hydrogen) atoms. The molecule has 1 aliphatic rings. The summed E-state index contributed by atoms with van der Waals surface area (Å²) in [5.74, 6) is -0.898. The summed E-state index contributed by atoms with van der Waals surface area (Å²) in [4.78, 5) is 12.9. The molecule has 0 saturated carbocycles. The first-order valence-electron chi connectivity index (χ1n) is 10.0. The molecule has 1 atom stereocenters. The maximum absolute atomic E-state index is 13.4. The fourth-order valence-electron chi connectivity index (χ4n) is 3.37. The number of alkyl halides is 3. The lowest BCUT2D eigenvalue weighted by atomic mass is 10.2. The molecule has 7 nitrogen and oxygen atoms in total. The average molecular weight is 492 g/mol. The third-order valence-electron chi connectivity index (χ3n) is 4.99. The highest BCUT2D eigenvalue weighted by molar-refractivity contribution is 7.92. The van der Waals surface area contributed by atoms with Crippen LogP contribution in [0.4, 0.5) is 24.5 Å². The first-order valence-corrected chi connectivity index (χ1v) is 11.5. The van der Waals surface area contributed by atoms with Gasteiger partial charge in [-0.1, -0.05) is 29.8 Å². The van der Waals surface area contributed by atoms with Gasteiger partial charge in [0.05, 0.1) is 17.1 Å². The molecule has 4 rings (SSSR count). The number of hydrogen-bond acceptors (Lipinski definition) is 5. The number of nitrogens with one attached hydrogen (secondary N) is 1. The van der Waals surface area contributed by atoms with E-state index in [0.29, 0.717) is 5.69 Å². The number of anilines is 2. The Bertz CT molecular complexity index is 1290. The van der Waals surface area contributed by atoms with Crippen LogP contribution in [0, 0.1) is 6.92 Å². The smallest absolute Gasteiger partial charge is 0.476 e. The predicted octanol–water partition coefficient (Wildman–Crippen LogP) is 4.49. The van der Waals surface area contributed by atoms with Gasteiger partial charge in [-0.25, -0.2) is 8.42 Å². The lowest BCUT2D eigenvalue weighted by Gasteiger charge is -2.34. The number of carbonyl (C=O) groups is 1. The molecule has 0 saturated heterocycles. The number of fused-ring (bicyclic) bond motifs is 1. The number of para-hydroxylation sites is 2. The van der Waals surface area contributed by atoms with Crippen molar-refractivity contribution < 1.29 is 35.9 Å². The van der Waals surface area contributed by atoms with Gasteiger partial charge in [-0.05, 0) is 55.5 Å².